The summed E-state index contributed by atoms with van der Waals surface area (Å²) in [6.45, 7) is 16.6. The third kappa shape index (κ3) is 9.58. The Bertz CT molecular complexity index is 274. The highest BCUT2D eigenvalue weighted by Crippen LogP contribution is 2.19. The van der Waals surface area contributed by atoms with Crippen molar-refractivity contribution in [3.63, 3.8) is 0 Å². The second-order valence-electron chi connectivity index (χ2n) is 7.05. The van der Waals surface area contributed by atoms with E-state index in [0.717, 1.165) is 0 Å². The maximum atomic E-state index is 11.0. The summed E-state index contributed by atoms with van der Waals surface area (Å²) in [5.74, 6) is 1.95. The van der Waals surface area contributed by atoms with E-state index in [4.69, 9.17) is 9.47 Å². The van der Waals surface area contributed by atoms with E-state index in [0.29, 0.717) is 23.9 Å². The number of rotatable bonds is 9. The van der Waals surface area contributed by atoms with Gasteiger partial charge in [0.05, 0.1) is 12.2 Å². The highest BCUT2D eigenvalue weighted by molar-refractivity contribution is 5.78. The highest BCUT2D eigenvalue weighted by atomic mass is 16.5. The molecule has 22 heavy (non-hydrogen) atoms. The summed E-state index contributed by atoms with van der Waals surface area (Å²) in [5, 5.41) is 0. The molecule has 0 saturated heterocycles. The van der Waals surface area contributed by atoms with Gasteiger partial charge in [0.2, 0.25) is 0 Å². The van der Waals surface area contributed by atoms with Crippen LogP contribution in [0.25, 0.3) is 0 Å². The molecule has 0 aromatic rings. The van der Waals surface area contributed by atoms with Crippen molar-refractivity contribution in [1.29, 1.82) is 0 Å². The summed E-state index contributed by atoms with van der Waals surface area (Å²) in [5.41, 5.74) is 0. The third-order valence-corrected chi connectivity index (χ3v) is 4.30. The van der Waals surface area contributed by atoms with Crippen molar-refractivity contribution in [3.05, 3.63) is 0 Å². The molecule has 0 fully saturated rings. The van der Waals surface area contributed by atoms with Crippen molar-refractivity contribution >= 4 is 5.78 Å². The van der Waals surface area contributed by atoms with Gasteiger partial charge in [0.15, 0.2) is 0 Å². The van der Waals surface area contributed by atoms with Crippen LogP contribution in [0.2, 0.25) is 0 Å². The summed E-state index contributed by atoms with van der Waals surface area (Å²) in [6, 6.07) is 0. The molecule has 0 heterocycles. The van der Waals surface area contributed by atoms with Crippen LogP contribution in [-0.4, -0.2) is 32.2 Å². The molecule has 0 N–H and O–H groups in total. The van der Waals surface area contributed by atoms with Gasteiger partial charge in [0, 0.05) is 20.1 Å². The first-order chi connectivity index (χ1) is 10.1. The average molecular weight is 317 g/mol. The van der Waals surface area contributed by atoms with Crippen LogP contribution in [0.4, 0.5) is 0 Å². The Kier molecular flexibility index (Phi) is 14.2. The summed E-state index contributed by atoms with van der Waals surface area (Å²) >= 11 is 0. The number of ketones is 1. The predicted molar refractivity (Wildman–Crippen MR) is 95.2 cm³/mol. The number of ether oxygens (including phenoxy) is 2. The minimum Gasteiger partial charge on any atom is -0.381 e. The molecule has 0 rings (SSSR count). The van der Waals surface area contributed by atoms with E-state index in [1.165, 1.54) is 12.8 Å². The van der Waals surface area contributed by atoms with Crippen molar-refractivity contribution < 1.29 is 14.3 Å². The van der Waals surface area contributed by atoms with Crippen LogP contribution < -0.4 is 0 Å². The lowest BCUT2D eigenvalue weighted by atomic mass is 9.91. The summed E-state index contributed by atoms with van der Waals surface area (Å²) < 4.78 is 10.6. The van der Waals surface area contributed by atoms with E-state index >= 15 is 0 Å². The monoisotopic (exact) mass is 316 g/mol. The second kappa shape index (κ2) is 13.1. The first kappa shape index (κ1) is 23.9. The van der Waals surface area contributed by atoms with E-state index in [1.807, 2.05) is 14.0 Å². The maximum Gasteiger partial charge on any atom is 0.135 e. The van der Waals surface area contributed by atoms with E-state index in [1.54, 1.807) is 14.0 Å². The van der Waals surface area contributed by atoms with E-state index in [2.05, 4.69) is 41.5 Å². The molecule has 0 saturated carbocycles. The molecular formula is C19H40O3. The van der Waals surface area contributed by atoms with Crippen LogP contribution in [0, 0.1) is 23.7 Å². The van der Waals surface area contributed by atoms with E-state index in [9.17, 15) is 4.79 Å². The molecule has 4 atom stereocenters. The Balaban J connectivity index is 0. The fraction of sp³-hybridized carbons (Fsp3) is 0.947. The number of hydrogen-bond acceptors (Lipinski definition) is 3. The van der Waals surface area contributed by atoms with E-state index < -0.39 is 0 Å². The fourth-order valence-electron chi connectivity index (χ4n) is 3.07. The predicted octanol–water partition coefficient (Wildman–Crippen LogP) is 4.98. The average Bonchev–Trinajstić information content (AvgIpc) is 2.40. The van der Waals surface area contributed by atoms with Crippen molar-refractivity contribution in [1.82, 2.24) is 0 Å². The van der Waals surface area contributed by atoms with Gasteiger partial charge in [-0.05, 0) is 31.1 Å². The van der Waals surface area contributed by atoms with Crippen LogP contribution >= 0.6 is 0 Å². The van der Waals surface area contributed by atoms with Gasteiger partial charge in [0.1, 0.15) is 5.78 Å². The zero-order valence-corrected chi connectivity index (χ0v) is 16.6. The van der Waals surface area contributed by atoms with Gasteiger partial charge in [-0.25, -0.2) is 0 Å². The second-order valence-corrected chi connectivity index (χ2v) is 7.05. The summed E-state index contributed by atoms with van der Waals surface area (Å²) in [7, 11) is 3.47. The van der Waals surface area contributed by atoms with Crippen LogP contribution in [0.15, 0.2) is 0 Å². The number of methoxy groups -OCH3 is 2. The molecule has 0 spiro atoms. The molecule has 3 heteroatoms. The molecule has 134 valence electrons. The Morgan fingerprint density at radius 2 is 1.27 bits per heavy atom. The van der Waals surface area contributed by atoms with Gasteiger partial charge < -0.3 is 9.47 Å². The van der Waals surface area contributed by atoms with Crippen molar-refractivity contribution in [2.75, 3.05) is 14.2 Å². The van der Waals surface area contributed by atoms with Gasteiger partial charge >= 0.3 is 0 Å². The minimum atomic E-state index is 0.0139. The Labute approximate surface area is 139 Å². The number of carbonyl (C=O) groups is 1. The molecule has 0 aromatic carbocycles. The van der Waals surface area contributed by atoms with E-state index in [-0.39, 0.29) is 17.8 Å². The van der Waals surface area contributed by atoms with Crippen LogP contribution in [-0.2, 0) is 14.3 Å². The molecule has 0 aromatic heterocycles. The Morgan fingerprint density at radius 1 is 0.864 bits per heavy atom. The van der Waals surface area contributed by atoms with Crippen molar-refractivity contribution in [2.45, 2.75) is 80.4 Å². The smallest absolute Gasteiger partial charge is 0.135 e. The highest BCUT2D eigenvalue weighted by Gasteiger charge is 2.23. The molecule has 0 amide bonds. The molecule has 0 aliphatic rings. The SMILES string of the molecule is CCCC(C)C(OC)C(C)C.COC(C(C)C)C(C)C(C)=O. The number of carbonyl (C=O) groups excluding carboxylic acids is 1. The molecule has 0 bridgehead atoms. The molecule has 4 unspecified atom stereocenters. The topological polar surface area (TPSA) is 35.5 Å². The maximum absolute atomic E-state index is 11.0. The normalized spacial score (nSPS) is 16.7. The first-order valence-electron chi connectivity index (χ1n) is 8.69. The zero-order chi connectivity index (χ0) is 17.9. The third-order valence-electron chi connectivity index (χ3n) is 4.30. The standard InChI is InChI=1S/C10H22O.C9H18O2/c1-6-7-9(4)10(11-5)8(2)3;1-6(2)9(11-5)7(3)8(4)10/h8-10H,6-7H2,1-5H3;6-7,9H,1-5H3. The molecule has 3 nitrogen and oxygen atoms in total. The van der Waals surface area contributed by atoms with Crippen molar-refractivity contribution in [2.24, 2.45) is 23.7 Å². The zero-order valence-electron chi connectivity index (χ0n) is 16.6. The lowest BCUT2D eigenvalue weighted by Crippen LogP contribution is -2.30. The molecular weight excluding hydrogens is 276 g/mol. The number of hydrogen-bond donors (Lipinski definition) is 0. The Hall–Kier alpha value is -0.410. The van der Waals surface area contributed by atoms with Gasteiger partial charge in [0.25, 0.3) is 0 Å². The minimum absolute atomic E-state index is 0.0139. The largest absolute Gasteiger partial charge is 0.381 e. The molecule has 0 aliphatic carbocycles. The van der Waals surface area contributed by atoms with Crippen LogP contribution in [0.5, 0.6) is 0 Å². The Morgan fingerprint density at radius 3 is 1.45 bits per heavy atom. The lowest BCUT2D eigenvalue weighted by molar-refractivity contribution is -0.125. The molecule has 0 radical (unpaired) electrons. The number of Topliss-reactive ketones (excluding diaryl/α,β-unsaturated/α-hetero) is 1. The van der Waals surface area contributed by atoms with Gasteiger partial charge in [-0.3, -0.25) is 4.79 Å². The van der Waals surface area contributed by atoms with Gasteiger partial charge in [-0.15, -0.1) is 0 Å². The summed E-state index contributed by atoms with van der Waals surface area (Å²) in [6.07, 6.45) is 3.03. The molecule has 0 aliphatic heterocycles. The quantitative estimate of drug-likeness (QED) is 0.602. The van der Waals surface area contributed by atoms with Crippen LogP contribution in [0.3, 0.4) is 0 Å². The van der Waals surface area contributed by atoms with Crippen LogP contribution in [0.1, 0.15) is 68.2 Å². The van der Waals surface area contributed by atoms with Gasteiger partial charge in [-0.2, -0.15) is 0 Å². The summed E-state index contributed by atoms with van der Waals surface area (Å²) in [4.78, 5) is 11.0. The fourth-order valence-corrected chi connectivity index (χ4v) is 3.07. The first-order valence-corrected chi connectivity index (χ1v) is 8.69. The van der Waals surface area contributed by atoms with Crippen molar-refractivity contribution in [3.8, 4) is 0 Å². The van der Waals surface area contributed by atoms with Gasteiger partial charge in [-0.1, -0.05) is 54.9 Å². The lowest BCUT2D eigenvalue weighted by Gasteiger charge is -2.25.